The molecule has 1 amide bonds. The van der Waals surface area contributed by atoms with Gasteiger partial charge >= 0.3 is 0 Å². The van der Waals surface area contributed by atoms with Crippen LogP contribution in [0.2, 0.25) is 0 Å². The van der Waals surface area contributed by atoms with Crippen molar-refractivity contribution in [1.29, 1.82) is 0 Å². The standard InChI is InChI=1S/C22H25N3O4S2/c1-3-14-31(27,28)25-18-9-4-16(5-10-18)6-13-21(26)24-22-23-20(15-30-22)17-7-11-19(29-2)12-8-17/h4-5,7-12,15,25H,3,6,13-14H2,1-2H3,(H,23,24,26). The van der Waals surface area contributed by atoms with Gasteiger partial charge in [0.25, 0.3) is 0 Å². The van der Waals surface area contributed by atoms with E-state index in [1.807, 2.05) is 48.7 Å². The number of aryl methyl sites for hydroxylation is 1. The average molecular weight is 460 g/mol. The van der Waals surface area contributed by atoms with Crippen LogP contribution in [0.4, 0.5) is 10.8 Å². The Morgan fingerprint density at radius 2 is 1.81 bits per heavy atom. The van der Waals surface area contributed by atoms with Gasteiger partial charge in [-0.2, -0.15) is 0 Å². The van der Waals surface area contributed by atoms with Crippen LogP contribution >= 0.6 is 11.3 Å². The summed E-state index contributed by atoms with van der Waals surface area (Å²) in [5.41, 5.74) is 3.22. The molecule has 3 rings (SSSR count). The maximum atomic E-state index is 12.3. The van der Waals surface area contributed by atoms with E-state index in [-0.39, 0.29) is 11.7 Å². The van der Waals surface area contributed by atoms with Crippen LogP contribution < -0.4 is 14.8 Å². The topological polar surface area (TPSA) is 97.4 Å². The lowest BCUT2D eigenvalue weighted by Crippen LogP contribution is -2.16. The van der Waals surface area contributed by atoms with Crippen molar-refractivity contribution in [1.82, 2.24) is 4.98 Å². The summed E-state index contributed by atoms with van der Waals surface area (Å²) in [6, 6.07) is 14.6. The van der Waals surface area contributed by atoms with Gasteiger partial charge in [-0.25, -0.2) is 13.4 Å². The third kappa shape index (κ3) is 6.80. The van der Waals surface area contributed by atoms with Crippen molar-refractivity contribution in [2.24, 2.45) is 0 Å². The molecule has 3 aromatic rings. The largest absolute Gasteiger partial charge is 0.497 e. The summed E-state index contributed by atoms with van der Waals surface area (Å²) in [6.07, 6.45) is 1.41. The van der Waals surface area contributed by atoms with Crippen molar-refractivity contribution in [3.63, 3.8) is 0 Å². The normalized spacial score (nSPS) is 11.2. The Bertz CT molecular complexity index is 1110. The zero-order valence-electron chi connectivity index (χ0n) is 17.4. The summed E-state index contributed by atoms with van der Waals surface area (Å²) >= 11 is 1.38. The van der Waals surface area contributed by atoms with E-state index in [4.69, 9.17) is 4.74 Å². The van der Waals surface area contributed by atoms with E-state index < -0.39 is 10.0 Å². The molecule has 0 unspecified atom stereocenters. The molecule has 0 fully saturated rings. The molecule has 2 N–H and O–H groups in total. The molecule has 0 aliphatic carbocycles. The fourth-order valence-corrected chi connectivity index (χ4v) is 4.77. The van der Waals surface area contributed by atoms with Crippen LogP contribution in [-0.4, -0.2) is 32.2 Å². The Morgan fingerprint density at radius 3 is 2.45 bits per heavy atom. The van der Waals surface area contributed by atoms with Gasteiger partial charge in [0.2, 0.25) is 15.9 Å². The molecule has 0 aliphatic heterocycles. The van der Waals surface area contributed by atoms with Crippen LogP contribution in [0.25, 0.3) is 11.3 Å². The van der Waals surface area contributed by atoms with Crippen LogP contribution in [0.15, 0.2) is 53.9 Å². The number of carbonyl (C=O) groups excluding carboxylic acids is 1. The molecule has 1 heterocycles. The zero-order chi connectivity index (χ0) is 22.3. The first-order valence-corrected chi connectivity index (χ1v) is 12.4. The van der Waals surface area contributed by atoms with Gasteiger partial charge in [0.1, 0.15) is 5.75 Å². The number of nitrogens with zero attached hydrogens (tertiary/aromatic N) is 1. The van der Waals surface area contributed by atoms with Crippen molar-refractivity contribution < 1.29 is 17.9 Å². The molecule has 0 saturated heterocycles. The number of anilines is 2. The van der Waals surface area contributed by atoms with Gasteiger partial charge in [0.05, 0.1) is 18.6 Å². The molecule has 0 bridgehead atoms. The van der Waals surface area contributed by atoms with Gasteiger partial charge in [-0.3, -0.25) is 9.52 Å². The summed E-state index contributed by atoms with van der Waals surface area (Å²) < 4.78 is 31.3. The Hall–Kier alpha value is -2.91. The Kier molecular flexibility index (Phi) is 7.64. The van der Waals surface area contributed by atoms with E-state index in [1.165, 1.54) is 11.3 Å². The molecule has 2 aromatic carbocycles. The number of amides is 1. The van der Waals surface area contributed by atoms with Crippen LogP contribution in [0.1, 0.15) is 25.3 Å². The third-order valence-corrected chi connectivity index (χ3v) is 6.73. The number of hydrogen-bond acceptors (Lipinski definition) is 6. The zero-order valence-corrected chi connectivity index (χ0v) is 19.1. The number of carbonyl (C=O) groups is 1. The Balaban J connectivity index is 1.50. The summed E-state index contributed by atoms with van der Waals surface area (Å²) in [7, 11) is -1.69. The highest BCUT2D eigenvalue weighted by Crippen LogP contribution is 2.26. The highest BCUT2D eigenvalue weighted by atomic mass is 32.2. The molecule has 164 valence electrons. The second-order valence-corrected chi connectivity index (χ2v) is 9.63. The smallest absolute Gasteiger partial charge is 0.232 e. The van der Waals surface area contributed by atoms with Gasteiger partial charge in [-0.15, -0.1) is 11.3 Å². The van der Waals surface area contributed by atoms with Crippen molar-refractivity contribution in [3.8, 4) is 17.0 Å². The molecule has 0 saturated carbocycles. The van der Waals surface area contributed by atoms with Gasteiger partial charge in [-0.1, -0.05) is 19.1 Å². The Labute approximate surface area is 186 Å². The van der Waals surface area contributed by atoms with Crippen LogP contribution in [-0.2, 0) is 21.2 Å². The first-order valence-electron chi connectivity index (χ1n) is 9.88. The Morgan fingerprint density at radius 1 is 1.10 bits per heavy atom. The molecule has 0 radical (unpaired) electrons. The first-order chi connectivity index (χ1) is 14.9. The number of hydrogen-bond donors (Lipinski definition) is 2. The fourth-order valence-electron chi connectivity index (χ4n) is 2.90. The molecule has 0 spiro atoms. The minimum absolute atomic E-state index is 0.0891. The summed E-state index contributed by atoms with van der Waals surface area (Å²) in [4.78, 5) is 16.8. The summed E-state index contributed by atoms with van der Waals surface area (Å²) in [5.74, 6) is 0.744. The molecule has 9 heteroatoms. The van der Waals surface area contributed by atoms with Gasteiger partial charge < -0.3 is 10.1 Å². The second-order valence-electron chi connectivity index (χ2n) is 6.93. The predicted octanol–water partition coefficient (Wildman–Crippen LogP) is 4.54. The van der Waals surface area contributed by atoms with Crippen molar-refractivity contribution in [2.75, 3.05) is 22.9 Å². The quantitative estimate of drug-likeness (QED) is 0.464. The third-order valence-electron chi connectivity index (χ3n) is 4.48. The number of sulfonamides is 1. The number of benzene rings is 2. The first kappa shape index (κ1) is 22.8. The maximum Gasteiger partial charge on any atom is 0.232 e. The highest BCUT2D eigenvalue weighted by molar-refractivity contribution is 7.92. The van der Waals surface area contributed by atoms with Crippen molar-refractivity contribution in [3.05, 3.63) is 59.5 Å². The van der Waals surface area contributed by atoms with Crippen molar-refractivity contribution in [2.45, 2.75) is 26.2 Å². The van der Waals surface area contributed by atoms with E-state index >= 15 is 0 Å². The second kappa shape index (κ2) is 10.4. The molecular weight excluding hydrogens is 434 g/mol. The number of rotatable bonds is 10. The maximum absolute atomic E-state index is 12.3. The number of methoxy groups -OCH3 is 1. The molecule has 0 aliphatic rings. The monoisotopic (exact) mass is 459 g/mol. The van der Waals surface area contributed by atoms with E-state index in [0.717, 1.165) is 22.6 Å². The van der Waals surface area contributed by atoms with Crippen LogP contribution in [0.3, 0.4) is 0 Å². The molecular formula is C22H25N3O4S2. The molecule has 0 atom stereocenters. The molecule has 31 heavy (non-hydrogen) atoms. The lowest BCUT2D eigenvalue weighted by Gasteiger charge is -2.08. The van der Waals surface area contributed by atoms with Gasteiger partial charge in [0, 0.05) is 23.1 Å². The highest BCUT2D eigenvalue weighted by Gasteiger charge is 2.10. The van der Waals surface area contributed by atoms with Gasteiger partial charge in [0.15, 0.2) is 5.13 Å². The van der Waals surface area contributed by atoms with Gasteiger partial charge in [-0.05, 0) is 54.8 Å². The fraction of sp³-hybridized carbons (Fsp3) is 0.273. The summed E-state index contributed by atoms with van der Waals surface area (Å²) in [6.45, 7) is 1.82. The predicted molar refractivity (Wildman–Crippen MR) is 125 cm³/mol. The minimum atomic E-state index is -3.31. The van der Waals surface area contributed by atoms with Crippen LogP contribution in [0, 0.1) is 0 Å². The van der Waals surface area contributed by atoms with E-state index in [0.29, 0.717) is 30.1 Å². The lowest BCUT2D eigenvalue weighted by molar-refractivity contribution is -0.116. The summed E-state index contributed by atoms with van der Waals surface area (Å²) in [5, 5.41) is 5.28. The number of thiazole rings is 1. The average Bonchev–Trinajstić information content (AvgIpc) is 3.21. The number of aromatic nitrogens is 1. The molecule has 7 nitrogen and oxygen atoms in total. The lowest BCUT2D eigenvalue weighted by atomic mass is 10.1. The minimum Gasteiger partial charge on any atom is -0.497 e. The van der Waals surface area contributed by atoms with E-state index in [1.54, 1.807) is 19.2 Å². The van der Waals surface area contributed by atoms with E-state index in [9.17, 15) is 13.2 Å². The SMILES string of the molecule is CCCS(=O)(=O)Nc1ccc(CCC(=O)Nc2nc(-c3ccc(OC)cc3)cs2)cc1. The number of ether oxygens (including phenoxy) is 1. The van der Waals surface area contributed by atoms with E-state index in [2.05, 4.69) is 15.0 Å². The van der Waals surface area contributed by atoms with Crippen LogP contribution in [0.5, 0.6) is 5.75 Å². The van der Waals surface area contributed by atoms with Crippen molar-refractivity contribution >= 4 is 38.1 Å². The number of nitrogens with one attached hydrogen (secondary N) is 2. The molecule has 1 aromatic heterocycles.